The van der Waals surface area contributed by atoms with Crippen molar-refractivity contribution in [2.45, 2.75) is 11.8 Å². The number of carbonyl (C=O) groups excluding carboxylic acids is 1. The van der Waals surface area contributed by atoms with Crippen LogP contribution in [0.3, 0.4) is 0 Å². The molecule has 1 amide bonds. The van der Waals surface area contributed by atoms with Gasteiger partial charge >= 0.3 is 0 Å². The standard InChI is InChI=1S/C20H20BrN3O4S/c1-24(11-13-7-8-16(26-2)17(9-13)27-3)18(25)12-29-20-23-22-19(28-20)14-5-4-6-15(21)10-14/h4-10H,11-12H2,1-3H3. The minimum absolute atomic E-state index is 0.0491. The maximum absolute atomic E-state index is 12.5. The molecule has 0 fully saturated rings. The Kier molecular flexibility index (Phi) is 7.16. The highest BCUT2D eigenvalue weighted by atomic mass is 79.9. The van der Waals surface area contributed by atoms with Crippen LogP contribution in [0.15, 0.2) is 56.6 Å². The van der Waals surface area contributed by atoms with Crippen LogP contribution in [0.4, 0.5) is 0 Å². The first-order chi connectivity index (χ1) is 14.0. The monoisotopic (exact) mass is 477 g/mol. The number of carbonyl (C=O) groups is 1. The third-order valence-electron chi connectivity index (χ3n) is 4.09. The lowest BCUT2D eigenvalue weighted by atomic mass is 10.2. The van der Waals surface area contributed by atoms with Crippen molar-refractivity contribution >= 4 is 33.6 Å². The summed E-state index contributed by atoms with van der Waals surface area (Å²) < 4.78 is 17.1. The van der Waals surface area contributed by atoms with E-state index in [0.29, 0.717) is 29.2 Å². The molecule has 2 aromatic carbocycles. The molecule has 0 aliphatic rings. The average molecular weight is 478 g/mol. The van der Waals surface area contributed by atoms with E-state index in [1.165, 1.54) is 11.8 Å². The van der Waals surface area contributed by atoms with E-state index in [9.17, 15) is 4.79 Å². The molecule has 1 aromatic heterocycles. The Morgan fingerprint density at radius 2 is 1.93 bits per heavy atom. The molecule has 3 rings (SSSR count). The highest BCUT2D eigenvalue weighted by Crippen LogP contribution is 2.28. The summed E-state index contributed by atoms with van der Waals surface area (Å²) in [7, 11) is 4.92. The highest BCUT2D eigenvalue weighted by Gasteiger charge is 2.15. The van der Waals surface area contributed by atoms with Gasteiger partial charge in [-0.25, -0.2) is 0 Å². The largest absolute Gasteiger partial charge is 0.493 e. The van der Waals surface area contributed by atoms with Crippen molar-refractivity contribution < 1.29 is 18.7 Å². The zero-order chi connectivity index (χ0) is 20.8. The van der Waals surface area contributed by atoms with Crippen LogP contribution >= 0.6 is 27.7 Å². The Bertz CT molecular complexity index is 995. The van der Waals surface area contributed by atoms with Gasteiger partial charge in [-0.2, -0.15) is 0 Å². The maximum atomic E-state index is 12.5. The zero-order valence-electron chi connectivity index (χ0n) is 16.2. The predicted octanol–water partition coefficient (Wildman–Crippen LogP) is 4.27. The van der Waals surface area contributed by atoms with E-state index >= 15 is 0 Å². The second-order valence-corrected chi connectivity index (χ2v) is 7.95. The number of hydrogen-bond acceptors (Lipinski definition) is 7. The van der Waals surface area contributed by atoms with Gasteiger partial charge in [0, 0.05) is 23.6 Å². The third kappa shape index (κ3) is 5.51. The van der Waals surface area contributed by atoms with Crippen molar-refractivity contribution in [3.8, 4) is 23.0 Å². The molecule has 7 nitrogen and oxygen atoms in total. The highest BCUT2D eigenvalue weighted by molar-refractivity contribution is 9.10. The first kappa shape index (κ1) is 21.2. The molecule has 0 aliphatic carbocycles. The zero-order valence-corrected chi connectivity index (χ0v) is 18.6. The molecule has 1 heterocycles. The molecule has 29 heavy (non-hydrogen) atoms. The van der Waals surface area contributed by atoms with Crippen LogP contribution in [0.2, 0.25) is 0 Å². The normalized spacial score (nSPS) is 10.6. The molecule has 0 unspecified atom stereocenters. The Labute approximate surface area is 181 Å². The van der Waals surface area contributed by atoms with E-state index in [-0.39, 0.29) is 11.7 Å². The van der Waals surface area contributed by atoms with E-state index in [1.54, 1.807) is 26.2 Å². The van der Waals surface area contributed by atoms with Gasteiger partial charge in [0.05, 0.1) is 20.0 Å². The summed E-state index contributed by atoms with van der Waals surface area (Å²) >= 11 is 4.63. The van der Waals surface area contributed by atoms with E-state index in [1.807, 2.05) is 42.5 Å². The number of amides is 1. The number of nitrogens with zero attached hydrogens (tertiary/aromatic N) is 3. The molecule has 0 saturated carbocycles. The number of ether oxygens (including phenoxy) is 2. The molecule has 0 radical (unpaired) electrons. The number of methoxy groups -OCH3 is 2. The number of benzene rings is 2. The second kappa shape index (κ2) is 9.80. The summed E-state index contributed by atoms with van der Waals surface area (Å²) in [6.07, 6.45) is 0. The van der Waals surface area contributed by atoms with Crippen molar-refractivity contribution in [3.05, 3.63) is 52.5 Å². The summed E-state index contributed by atoms with van der Waals surface area (Å²) in [6.45, 7) is 0.451. The summed E-state index contributed by atoms with van der Waals surface area (Å²) in [5, 5.41) is 8.41. The Morgan fingerprint density at radius 3 is 2.66 bits per heavy atom. The predicted molar refractivity (Wildman–Crippen MR) is 114 cm³/mol. The van der Waals surface area contributed by atoms with Crippen LogP contribution in [-0.4, -0.2) is 48.0 Å². The van der Waals surface area contributed by atoms with Gasteiger partial charge in [-0.3, -0.25) is 4.79 Å². The quantitative estimate of drug-likeness (QED) is 0.448. The number of hydrogen-bond donors (Lipinski definition) is 0. The molecule has 152 valence electrons. The molecule has 0 atom stereocenters. The fourth-order valence-electron chi connectivity index (χ4n) is 2.58. The Hall–Kier alpha value is -2.52. The van der Waals surface area contributed by atoms with E-state index in [0.717, 1.165) is 15.6 Å². The van der Waals surface area contributed by atoms with Gasteiger partial charge in [0.25, 0.3) is 5.22 Å². The van der Waals surface area contributed by atoms with Crippen molar-refractivity contribution in [3.63, 3.8) is 0 Å². The maximum Gasteiger partial charge on any atom is 0.277 e. The number of thioether (sulfide) groups is 1. The molecular formula is C20H20BrN3O4S. The molecule has 9 heteroatoms. The van der Waals surface area contributed by atoms with Crippen LogP contribution in [0.5, 0.6) is 11.5 Å². The van der Waals surface area contributed by atoms with Crippen molar-refractivity contribution in [1.82, 2.24) is 15.1 Å². The van der Waals surface area contributed by atoms with Gasteiger partial charge in [0.1, 0.15) is 0 Å². The van der Waals surface area contributed by atoms with Crippen molar-refractivity contribution in [2.75, 3.05) is 27.0 Å². The molecule has 0 spiro atoms. The fourth-order valence-corrected chi connectivity index (χ4v) is 3.68. The van der Waals surface area contributed by atoms with Crippen molar-refractivity contribution in [2.24, 2.45) is 0 Å². The van der Waals surface area contributed by atoms with Crippen LogP contribution in [0.1, 0.15) is 5.56 Å². The van der Waals surface area contributed by atoms with Crippen LogP contribution in [-0.2, 0) is 11.3 Å². The fraction of sp³-hybridized carbons (Fsp3) is 0.250. The molecule has 0 aliphatic heterocycles. The SMILES string of the molecule is COc1ccc(CN(C)C(=O)CSc2nnc(-c3cccc(Br)c3)o2)cc1OC. The van der Waals surface area contributed by atoms with Crippen molar-refractivity contribution in [1.29, 1.82) is 0 Å². The first-order valence-electron chi connectivity index (χ1n) is 8.67. The summed E-state index contributed by atoms with van der Waals surface area (Å²) in [6, 6.07) is 13.2. The topological polar surface area (TPSA) is 77.7 Å². The van der Waals surface area contributed by atoms with Crippen LogP contribution in [0.25, 0.3) is 11.5 Å². The van der Waals surface area contributed by atoms with Gasteiger partial charge in [-0.15, -0.1) is 10.2 Å². The van der Waals surface area contributed by atoms with E-state index in [4.69, 9.17) is 13.9 Å². The average Bonchev–Trinajstić information content (AvgIpc) is 3.21. The number of halogens is 1. The van der Waals surface area contributed by atoms with Gasteiger partial charge in [0.2, 0.25) is 11.8 Å². The molecule has 0 bridgehead atoms. The first-order valence-corrected chi connectivity index (χ1v) is 10.4. The smallest absolute Gasteiger partial charge is 0.277 e. The molecule has 0 saturated heterocycles. The summed E-state index contributed by atoms with van der Waals surface area (Å²) in [5.74, 6) is 1.85. The van der Waals surface area contributed by atoms with Gasteiger partial charge < -0.3 is 18.8 Å². The van der Waals surface area contributed by atoms with Crippen LogP contribution in [0, 0.1) is 0 Å². The lowest BCUT2D eigenvalue weighted by Gasteiger charge is -2.17. The lowest BCUT2D eigenvalue weighted by molar-refractivity contribution is -0.127. The van der Waals surface area contributed by atoms with Crippen LogP contribution < -0.4 is 9.47 Å². The number of rotatable bonds is 8. The van der Waals surface area contributed by atoms with E-state index < -0.39 is 0 Å². The Morgan fingerprint density at radius 1 is 1.14 bits per heavy atom. The summed E-state index contributed by atoms with van der Waals surface area (Å²) in [4.78, 5) is 14.1. The second-order valence-electron chi connectivity index (χ2n) is 6.11. The molecule has 0 N–H and O–H groups in total. The minimum atomic E-state index is -0.0491. The molecular weight excluding hydrogens is 458 g/mol. The van der Waals surface area contributed by atoms with E-state index in [2.05, 4.69) is 26.1 Å². The lowest BCUT2D eigenvalue weighted by Crippen LogP contribution is -2.27. The minimum Gasteiger partial charge on any atom is -0.493 e. The summed E-state index contributed by atoms with van der Waals surface area (Å²) in [5.41, 5.74) is 1.76. The molecule has 3 aromatic rings. The van der Waals surface area contributed by atoms with Gasteiger partial charge in [-0.05, 0) is 35.9 Å². The van der Waals surface area contributed by atoms with Gasteiger partial charge in [0.15, 0.2) is 11.5 Å². The Balaban J connectivity index is 1.57. The van der Waals surface area contributed by atoms with Gasteiger partial charge in [-0.1, -0.05) is 39.8 Å². The third-order valence-corrected chi connectivity index (χ3v) is 5.39. The number of aromatic nitrogens is 2.